The van der Waals surface area contributed by atoms with Crippen molar-refractivity contribution >= 4 is 58.1 Å². The predicted molar refractivity (Wildman–Crippen MR) is 184 cm³/mol. The molecule has 17 nitrogen and oxygen atoms in total. The summed E-state index contributed by atoms with van der Waals surface area (Å²) in [6.45, 7) is 12.2. The Labute approximate surface area is 298 Å². The van der Waals surface area contributed by atoms with Gasteiger partial charge in [0.25, 0.3) is 0 Å². The molecular formula is C31H40Cl2N12O5. The van der Waals surface area contributed by atoms with Gasteiger partial charge in [0.15, 0.2) is 11.5 Å². The van der Waals surface area contributed by atoms with Crippen molar-refractivity contribution in [1.29, 1.82) is 10.5 Å². The van der Waals surface area contributed by atoms with Crippen LogP contribution in [0.1, 0.15) is 67.2 Å². The summed E-state index contributed by atoms with van der Waals surface area (Å²) in [6.07, 6.45) is 3.38. The Hall–Kier alpha value is -4.87. The molecule has 0 atom stereocenters. The number of amides is 2. The second-order valence-electron chi connectivity index (χ2n) is 14.0. The van der Waals surface area contributed by atoms with Crippen molar-refractivity contribution in [3.63, 3.8) is 0 Å². The Morgan fingerprint density at radius 3 is 1.88 bits per heavy atom. The highest BCUT2D eigenvalue weighted by Gasteiger charge is 2.42. The number of halogens is 2. The number of fused-ring (bicyclic) bond motifs is 1. The quantitative estimate of drug-likeness (QED) is 0.317. The van der Waals surface area contributed by atoms with Crippen LogP contribution < -0.4 is 16.7 Å². The van der Waals surface area contributed by atoms with Crippen LogP contribution in [0.15, 0.2) is 17.2 Å². The monoisotopic (exact) mass is 730 g/mol. The Balaban J connectivity index is 0.000000226. The summed E-state index contributed by atoms with van der Waals surface area (Å²) in [5, 5.41) is 22.6. The number of carbonyl (C=O) groups excluding carboxylic acids is 2. The summed E-state index contributed by atoms with van der Waals surface area (Å²) in [7, 11) is 0. The number of hydrogen-bond donors (Lipinski definition) is 3. The van der Waals surface area contributed by atoms with Crippen LogP contribution >= 0.6 is 23.2 Å². The Bertz CT molecular complexity index is 1870. The van der Waals surface area contributed by atoms with Gasteiger partial charge in [-0.3, -0.25) is 4.57 Å². The minimum atomic E-state index is -1.12. The lowest BCUT2D eigenvalue weighted by atomic mass is 9.88. The molecule has 268 valence electrons. The summed E-state index contributed by atoms with van der Waals surface area (Å²) < 4.78 is 12.1. The molecule has 0 aliphatic carbocycles. The minimum absolute atomic E-state index is 0.00969. The van der Waals surface area contributed by atoms with Gasteiger partial charge in [-0.15, -0.1) is 0 Å². The third-order valence-corrected chi connectivity index (χ3v) is 8.27. The van der Waals surface area contributed by atoms with Crippen LogP contribution in [0.2, 0.25) is 10.6 Å². The van der Waals surface area contributed by atoms with E-state index < -0.39 is 34.1 Å². The van der Waals surface area contributed by atoms with E-state index in [1.54, 1.807) is 30.6 Å². The normalized spacial score (nSPS) is 17.1. The number of nitrogens with one attached hydrogen (secondary N) is 2. The summed E-state index contributed by atoms with van der Waals surface area (Å²) in [6, 6.07) is 4.51. The van der Waals surface area contributed by atoms with Crippen molar-refractivity contribution < 1.29 is 19.1 Å². The number of aromatic nitrogens is 6. The van der Waals surface area contributed by atoms with Gasteiger partial charge in [0.2, 0.25) is 10.6 Å². The Morgan fingerprint density at radius 2 is 1.38 bits per heavy atom. The predicted octanol–water partition coefficient (Wildman–Crippen LogP) is 4.44. The first-order valence-electron chi connectivity index (χ1n) is 15.8. The molecule has 19 heteroatoms. The highest BCUT2D eigenvalue weighted by Crippen LogP contribution is 2.32. The highest BCUT2D eigenvalue weighted by molar-refractivity contribution is 6.28. The zero-order valence-corrected chi connectivity index (χ0v) is 30.2. The van der Waals surface area contributed by atoms with E-state index in [1.807, 2.05) is 20.8 Å². The SMILES string of the molecule is CC(C)(C)OC(=O)N1CCC(C#N)(Nc2nc(Cl)ncc2N)CC1.CC(C)(C)OC(=O)N1CCC(C#N)(n2c(=O)[nH]c3cnc(Cl)nc32)CC1. The molecule has 0 saturated carbocycles. The number of likely N-dealkylation sites (tertiary alicyclic amines) is 2. The molecule has 2 amide bonds. The van der Waals surface area contributed by atoms with Crippen molar-refractivity contribution in [3.8, 4) is 12.1 Å². The number of H-pyrrole nitrogens is 1. The van der Waals surface area contributed by atoms with E-state index in [9.17, 15) is 24.9 Å². The third kappa shape index (κ3) is 9.02. The smallest absolute Gasteiger partial charge is 0.410 e. The van der Waals surface area contributed by atoms with Crippen molar-refractivity contribution in [2.24, 2.45) is 0 Å². The number of nitriles is 2. The molecular weight excluding hydrogens is 691 g/mol. The first-order valence-corrected chi connectivity index (χ1v) is 16.5. The van der Waals surface area contributed by atoms with E-state index in [4.69, 9.17) is 38.4 Å². The lowest BCUT2D eigenvalue weighted by Gasteiger charge is -2.38. The molecule has 2 aliphatic rings. The lowest BCUT2D eigenvalue weighted by Crippen LogP contribution is -2.51. The number of nitrogen functional groups attached to an aromatic ring is 1. The third-order valence-electron chi connectivity index (χ3n) is 7.90. The molecule has 2 aliphatic heterocycles. The van der Waals surface area contributed by atoms with Gasteiger partial charge in [-0.05, 0) is 64.7 Å². The van der Waals surface area contributed by atoms with Crippen molar-refractivity contribution in [1.82, 2.24) is 39.3 Å². The molecule has 3 aromatic heterocycles. The molecule has 5 heterocycles. The van der Waals surface area contributed by atoms with E-state index in [2.05, 4.69) is 42.4 Å². The second-order valence-corrected chi connectivity index (χ2v) is 14.7. The van der Waals surface area contributed by atoms with Gasteiger partial charge in [0.05, 0.1) is 30.2 Å². The molecule has 5 rings (SSSR count). The average Bonchev–Trinajstić information content (AvgIpc) is 3.37. The average molecular weight is 732 g/mol. The van der Waals surface area contributed by atoms with Crippen LogP contribution in [0.25, 0.3) is 11.2 Å². The standard InChI is InChI=1S/C16H19ClN6O3.C15H21ClN6O2/c1-15(2,3)26-14(25)22-6-4-16(9-18,5-7-22)23-11-10(20-13(23)24)8-19-12(17)21-11;1-14(2,3)24-13(23)22-6-4-15(9-17,5-7-22)21-11-10(18)8-19-12(16)20-11/h8H,4-7H2,1-3H3,(H,20,24);8H,4-7,18H2,1-3H3,(H,19,20,21). The Kier molecular flexibility index (Phi) is 11.0. The van der Waals surface area contributed by atoms with Crippen molar-refractivity contribution in [2.75, 3.05) is 37.2 Å². The van der Waals surface area contributed by atoms with Gasteiger partial charge >= 0.3 is 17.9 Å². The molecule has 3 aromatic rings. The van der Waals surface area contributed by atoms with E-state index in [0.717, 1.165) is 0 Å². The number of carbonyl (C=O) groups is 2. The second kappa shape index (κ2) is 14.5. The maximum Gasteiger partial charge on any atom is 0.410 e. The fourth-order valence-corrected chi connectivity index (χ4v) is 5.67. The van der Waals surface area contributed by atoms with E-state index in [-0.39, 0.29) is 35.1 Å². The largest absolute Gasteiger partial charge is 0.444 e. The summed E-state index contributed by atoms with van der Waals surface area (Å²) >= 11 is 11.6. The number of nitrogens with zero attached hydrogens (tertiary/aromatic N) is 9. The molecule has 4 N–H and O–H groups in total. The number of anilines is 2. The lowest BCUT2D eigenvalue weighted by molar-refractivity contribution is 0.0153. The maximum absolute atomic E-state index is 12.5. The summed E-state index contributed by atoms with van der Waals surface area (Å²) in [4.78, 5) is 58.3. The number of aromatic amines is 1. The fourth-order valence-electron chi connectivity index (χ4n) is 5.40. The minimum Gasteiger partial charge on any atom is -0.444 e. The van der Waals surface area contributed by atoms with Gasteiger partial charge in [0.1, 0.15) is 27.8 Å². The van der Waals surface area contributed by atoms with Gasteiger partial charge in [0, 0.05) is 51.9 Å². The molecule has 50 heavy (non-hydrogen) atoms. The van der Waals surface area contributed by atoms with Crippen LogP contribution in [0.3, 0.4) is 0 Å². The number of piperidine rings is 2. The number of nitrogens with two attached hydrogens (primary N) is 1. The van der Waals surface area contributed by atoms with E-state index >= 15 is 0 Å². The molecule has 2 fully saturated rings. The summed E-state index contributed by atoms with van der Waals surface area (Å²) in [5.74, 6) is 0.322. The van der Waals surface area contributed by atoms with Crippen LogP contribution in [-0.4, -0.2) is 94.4 Å². The molecule has 0 aromatic carbocycles. The zero-order valence-electron chi connectivity index (χ0n) is 28.7. The van der Waals surface area contributed by atoms with Gasteiger partial charge in [-0.1, -0.05) is 0 Å². The van der Waals surface area contributed by atoms with Gasteiger partial charge in [-0.25, -0.2) is 24.4 Å². The van der Waals surface area contributed by atoms with E-state index in [1.165, 1.54) is 17.0 Å². The van der Waals surface area contributed by atoms with Gasteiger partial charge in [-0.2, -0.15) is 20.5 Å². The molecule has 2 saturated heterocycles. The molecule has 0 spiro atoms. The number of ether oxygens (including phenoxy) is 2. The maximum atomic E-state index is 12.5. The highest BCUT2D eigenvalue weighted by atomic mass is 35.5. The van der Waals surface area contributed by atoms with Crippen LogP contribution in [0, 0.1) is 22.7 Å². The first-order chi connectivity index (χ1) is 23.3. The molecule has 0 unspecified atom stereocenters. The fraction of sp³-hybridized carbons (Fsp3) is 0.581. The van der Waals surface area contributed by atoms with Crippen molar-refractivity contribution in [2.45, 2.75) is 89.5 Å². The van der Waals surface area contributed by atoms with Crippen LogP contribution in [-0.2, 0) is 15.0 Å². The Morgan fingerprint density at radius 1 is 0.880 bits per heavy atom. The zero-order chi connectivity index (χ0) is 37.1. The molecule has 0 bridgehead atoms. The first kappa shape index (κ1) is 37.9. The topological polar surface area (TPSA) is 234 Å². The number of imidazole rings is 1. The van der Waals surface area contributed by atoms with Crippen LogP contribution in [0.5, 0.6) is 0 Å². The van der Waals surface area contributed by atoms with E-state index in [0.29, 0.717) is 56.0 Å². The van der Waals surface area contributed by atoms with Crippen molar-refractivity contribution in [3.05, 3.63) is 33.4 Å². The number of hydrogen-bond acceptors (Lipinski definition) is 13. The molecule has 0 radical (unpaired) electrons. The van der Waals surface area contributed by atoms with Crippen LogP contribution in [0.4, 0.5) is 21.1 Å². The summed E-state index contributed by atoms with van der Waals surface area (Å²) in [5.41, 5.74) is 3.23. The van der Waals surface area contributed by atoms with Gasteiger partial charge < -0.3 is 35.3 Å². The number of rotatable bonds is 3.